The Balaban J connectivity index is 0.904. The molecule has 66 heavy (non-hydrogen) atoms. The summed E-state index contributed by atoms with van der Waals surface area (Å²) in [7, 11) is 2.62. The van der Waals surface area contributed by atoms with Gasteiger partial charge in [0.1, 0.15) is 23.7 Å². The maximum absolute atomic E-state index is 14.1. The molecule has 0 radical (unpaired) electrons. The molecule has 2 aliphatic heterocycles. The summed E-state index contributed by atoms with van der Waals surface area (Å²) in [6.45, 7) is 8.33. The van der Waals surface area contributed by atoms with E-state index < -0.39 is 24.3 Å². The van der Waals surface area contributed by atoms with Crippen LogP contribution in [-0.2, 0) is 31.9 Å². The van der Waals surface area contributed by atoms with E-state index in [0.717, 1.165) is 78.0 Å². The monoisotopic (exact) mass is 894 g/mol. The van der Waals surface area contributed by atoms with Gasteiger partial charge in [0.2, 0.25) is 11.8 Å². The Morgan fingerprint density at radius 3 is 2.00 bits per heavy atom. The topological polar surface area (TPSA) is 175 Å². The lowest BCUT2D eigenvalue weighted by molar-refractivity contribution is -0.137. The molecule has 4 heterocycles. The molecular formula is C52H62N8O6. The third-order valence-corrected chi connectivity index (χ3v) is 15.4. The molecule has 2 saturated carbocycles. The number of carbonyl (C=O) groups excluding carboxylic acids is 4. The van der Waals surface area contributed by atoms with Crippen molar-refractivity contribution < 1.29 is 28.7 Å². The summed E-state index contributed by atoms with van der Waals surface area (Å²) in [5, 5.41) is 5.51. The van der Waals surface area contributed by atoms with Crippen molar-refractivity contribution in [3.8, 4) is 33.5 Å². The number of nitrogens with zero attached hydrogens (tertiary/aromatic N) is 4. The van der Waals surface area contributed by atoms with Crippen LogP contribution >= 0.6 is 0 Å². The number of hydrogen-bond acceptors (Lipinski definition) is 8. The van der Waals surface area contributed by atoms with Crippen LogP contribution in [-0.4, -0.2) is 92.6 Å². The third kappa shape index (κ3) is 7.89. The van der Waals surface area contributed by atoms with E-state index in [2.05, 4.69) is 75.2 Å². The summed E-state index contributed by atoms with van der Waals surface area (Å²) in [5.41, 5.74) is 11.8. The summed E-state index contributed by atoms with van der Waals surface area (Å²) < 4.78 is 9.67. The number of nitrogens with one attached hydrogen (secondary N) is 4. The van der Waals surface area contributed by atoms with Crippen molar-refractivity contribution in [3.63, 3.8) is 0 Å². The number of benzene rings is 3. The number of methoxy groups -OCH3 is 2. The second-order valence-electron chi connectivity index (χ2n) is 20.3. The van der Waals surface area contributed by atoms with Gasteiger partial charge < -0.3 is 39.9 Å². The predicted octanol–water partition coefficient (Wildman–Crippen LogP) is 9.03. The minimum absolute atomic E-state index is 0.0815. The number of imidazole rings is 2. The van der Waals surface area contributed by atoms with Crippen LogP contribution < -0.4 is 10.6 Å². The quantitative estimate of drug-likeness (QED) is 0.102. The molecule has 5 aromatic rings. The van der Waals surface area contributed by atoms with Crippen LogP contribution in [0.15, 0.2) is 60.8 Å². The van der Waals surface area contributed by atoms with Gasteiger partial charge in [0.05, 0.1) is 49.2 Å². The average molecular weight is 895 g/mol. The van der Waals surface area contributed by atoms with Crippen molar-refractivity contribution >= 4 is 35.0 Å². The van der Waals surface area contributed by atoms with E-state index in [9.17, 15) is 19.2 Å². The first-order chi connectivity index (χ1) is 31.8. The molecule has 6 atom stereocenters. The van der Waals surface area contributed by atoms with Crippen LogP contribution in [0.25, 0.3) is 44.5 Å². The number of fused-ring (bicyclic) bond motifs is 3. The van der Waals surface area contributed by atoms with Crippen molar-refractivity contribution in [3.05, 3.63) is 83.6 Å². The van der Waals surface area contributed by atoms with Crippen LogP contribution in [0, 0.1) is 23.2 Å². The van der Waals surface area contributed by atoms with E-state index in [-0.39, 0.29) is 41.8 Å². The Bertz CT molecular complexity index is 2680. The molecule has 3 aromatic carbocycles. The van der Waals surface area contributed by atoms with Crippen LogP contribution in [0.1, 0.15) is 114 Å². The van der Waals surface area contributed by atoms with E-state index in [1.807, 2.05) is 43.7 Å². The van der Waals surface area contributed by atoms with E-state index in [0.29, 0.717) is 17.9 Å². The molecule has 4 amide bonds. The van der Waals surface area contributed by atoms with E-state index in [1.165, 1.54) is 67.7 Å². The molecule has 346 valence electrons. The Morgan fingerprint density at radius 2 is 1.35 bits per heavy atom. The van der Waals surface area contributed by atoms with Crippen LogP contribution in [0.2, 0.25) is 0 Å². The minimum atomic E-state index is -0.686. The number of hydrogen-bond donors (Lipinski definition) is 4. The fraction of sp³-hybridized carbons (Fsp3) is 0.500. The Morgan fingerprint density at radius 1 is 0.727 bits per heavy atom. The molecule has 2 aromatic heterocycles. The van der Waals surface area contributed by atoms with Gasteiger partial charge in [-0.1, -0.05) is 83.0 Å². The number of amides is 4. The fourth-order valence-electron chi connectivity index (χ4n) is 11.8. The molecule has 14 heteroatoms. The predicted molar refractivity (Wildman–Crippen MR) is 251 cm³/mol. The lowest BCUT2D eigenvalue weighted by atomic mass is 9.82. The van der Waals surface area contributed by atoms with Gasteiger partial charge in [0.25, 0.3) is 0 Å². The van der Waals surface area contributed by atoms with Gasteiger partial charge in [-0.3, -0.25) is 9.59 Å². The first-order valence-corrected chi connectivity index (χ1v) is 24.0. The van der Waals surface area contributed by atoms with Gasteiger partial charge in [-0.15, -0.1) is 0 Å². The molecule has 2 saturated heterocycles. The highest BCUT2D eigenvalue weighted by Gasteiger charge is 2.56. The molecule has 10 rings (SSSR count). The number of piperidine rings is 1. The summed E-state index contributed by atoms with van der Waals surface area (Å²) in [4.78, 5) is 72.9. The smallest absolute Gasteiger partial charge is 0.407 e. The highest BCUT2D eigenvalue weighted by Crippen LogP contribution is 2.55. The minimum Gasteiger partial charge on any atom is -0.453 e. The number of aromatic nitrogens is 4. The molecule has 1 spiro atoms. The first kappa shape index (κ1) is 43.7. The summed E-state index contributed by atoms with van der Waals surface area (Å²) >= 11 is 0. The fourth-order valence-corrected chi connectivity index (χ4v) is 11.8. The maximum Gasteiger partial charge on any atom is 0.407 e. The molecule has 14 nitrogen and oxygen atoms in total. The van der Waals surface area contributed by atoms with Crippen molar-refractivity contribution in [1.29, 1.82) is 0 Å². The highest BCUT2D eigenvalue weighted by atomic mass is 16.5. The van der Waals surface area contributed by atoms with E-state index in [4.69, 9.17) is 19.4 Å². The average Bonchev–Trinajstić information content (AvgIpc) is 4.06. The molecule has 4 fully saturated rings. The normalized spacial score (nSPS) is 22.5. The molecular weight excluding hydrogens is 833 g/mol. The molecule has 6 unspecified atom stereocenters. The van der Waals surface area contributed by atoms with Crippen molar-refractivity contribution in [2.45, 2.75) is 122 Å². The molecule has 0 bridgehead atoms. The third-order valence-electron chi connectivity index (χ3n) is 15.4. The Labute approximate surface area is 386 Å². The largest absolute Gasteiger partial charge is 0.453 e. The maximum atomic E-state index is 14.1. The number of ether oxygens (including phenoxy) is 2. The zero-order chi connectivity index (χ0) is 46.0. The van der Waals surface area contributed by atoms with Gasteiger partial charge in [-0.2, -0.15) is 0 Å². The second kappa shape index (κ2) is 17.2. The van der Waals surface area contributed by atoms with Crippen molar-refractivity contribution in [2.75, 3.05) is 20.8 Å². The number of rotatable bonds is 11. The van der Waals surface area contributed by atoms with Crippen molar-refractivity contribution in [2.24, 2.45) is 23.2 Å². The van der Waals surface area contributed by atoms with Crippen molar-refractivity contribution in [1.82, 2.24) is 40.4 Å². The number of H-pyrrole nitrogens is 2. The Kier molecular flexibility index (Phi) is 11.4. The molecule has 4 N–H and O–H groups in total. The molecule has 3 aliphatic carbocycles. The van der Waals surface area contributed by atoms with Gasteiger partial charge in [-0.25, -0.2) is 19.6 Å². The van der Waals surface area contributed by atoms with Gasteiger partial charge in [0, 0.05) is 12.6 Å². The zero-order valence-corrected chi connectivity index (χ0v) is 38.9. The second-order valence-corrected chi connectivity index (χ2v) is 20.3. The summed E-state index contributed by atoms with van der Waals surface area (Å²) in [6, 6.07) is 18.3. The number of likely N-dealkylation sites (tertiary alicyclic amines) is 2. The van der Waals surface area contributed by atoms with Crippen LogP contribution in [0.3, 0.4) is 0 Å². The number of carbonyl (C=O) groups is 4. The van der Waals surface area contributed by atoms with E-state index >= 15 is 0 Å². The zero-order valence-electron chi connectivity index (χ0n) is 38.9. The standard InChI is InChI=1S/C52H62N8O6/c1-28(2)44(57-50(63)65-5)48(61)59-21-9-10-41(59)46-53-27-40(56-46)31-13-11-30(12-14-31)34-16-17-35(37-26-52(25-36(34)37)19-7-8-20-52)32-15-18-38-39(22-32)55-47(54-38)43-24-33-23-42(33)60(43)49(62)45(29(3)4)58-51(64)66-6/h11-18,22,27-29,33,41-45H,7-10,19-21,23-26H2,1-6H3,(H,53,56)(H,54,55)(H,57,63)(H,58,64). The number of aromatic amines is 2. The number of alkyl carbamates (subject to hydrolysis) is 2. The lowest BCUT2D eigenvalue weighted by Crippen LogP contribution is -2.52. The summed E-state index contributed by atoms with van der Waals surface area (Å²) in [6.07, 6.45) is 11.3. The van der Waals surface area contributed by atoms with E-state index in [1.54, 1.807) is 0 Å². The lowest BCUT2D eigenvalue weighted by Gasteiger charge is -2.31. The SMILES string of the molecule is COC(=O)NC(C(=O)N1CCCC1c1ncc(-c2ccc(-c3ccc(-c4ccc5nc(C6CC7CC7N6C(=O)C(NC(=O)OC)C(C)C)[nH]c5c4)c4c3CC3(CCCC3)C4)cc2)[nH]1)C(C)C. The summed E-state index contributed by atoms with van der Waals surface area (Å²) in [5.74, 6) is 1.58. The molecule has 5 aliphatic rings. The first-order valence-electron chi connectivity index (χ1n) is 24.0. The van der Waals surface area contributed by atoms with Crippen LogP contribution in [0.5, 0.6) is 0 Å². The van der Waals surface area contributed by atoms with Gasteiger partial charge >= 0.3 is 12.2 Å². The Hall–Kier alpha value is -6.18. The van der Waals surface area contributed by atoms with Gasteiger partial charge in [0.15, 0.2) is 0 Å². The van der Waals surface area contributed by atoms with Gasteiger partial charge in [-0.05, 0) is 126 Å². The van der Waals surface area contributed by atoms with Crippen LogP contribution in [0.4, 0.5) is 9.59 Å². The highest BCUT2D eigenvalue weighted by molar-refractivity contribution is 5.89.